The summed E-state index contributed by atoms with van der Waals surface area (Å²) in [5.41, 5.74) is 3.95. The van der Waals surface area contributed by atoms with E-state index in [-0.39, 0.29) is 5.56 Å². The molecule has 124 valence electrons. The van der Waals surface area contributed by atoms with E-state index in [1.54, 1.807) is 11.0 Å². The third kappa shape index (κ3) is 2.89. The molecule has 0 saturated carbocycles. The molecular formula is C18H15N5OS. The summed E-state index contributed by atoms with van der Waals surface area (Å²) in [4.78, 5) is 24.2. The van der Waals surface area contributed by atoms with E-state index in [9.17, 15) is 4.79 Å². The molecule has 7 heteroatoms. The number of thiophene rings is 1. The van der Waals surface area contributed by atoms with Gasteiger partial charge in [0.1, 0.15) is 23.3 Å². The second-order valence-electron chi connectivity index (χ2n) is 5.77. The fourth-order valence-corrected chi connectivity index (χ4v) is 3.66. The quantitative estimate of drug-likeness (QED) is 0.615. The summed E-state index contributed by atoms with van der Waals surface area (Å²) in [6, 6.07) is 6.04. The largest absolute Gasteiger partial charge is 0.306 e. The first kappa shape index (κ1) is 15.5. The zero-order valence-electron chi connectivity index (χ0n) is 13.7. The fraction of sp³-hybridized carbons (Fsp3) is 0.111. The Hall–Kier alpha value is -3.06. The van der Waals surface area contributed by atoms with Crippen LogP contribution in [0.2, 0.25) is 0 Å². The van der Waals surface area contributed by atoms with Gasteiger partial charge in [-0.3, -0.25) is 4.79 Å². The van der Waals surface area contributed by atoms with E-state index in [2.05, 4.69) is 26.1 Å². The Balaban J connectivity index is 1.66. The molecule has 0 saturated heterocycles. The number of aromatic nitrogens is 5. The van der Waals surface area contributed by atoms with Gasteiger partial charge in [0, 0.05) is 0 Å². The van der Waals surface area contributed by atoms with E-state index in [4.69, 9.17) is 0 Å². The van der Waals surface area contributed by atoms with E-state index in [0.29, 0.717) is 11.2 Å². The first-order valence-electron chi connectivity index (χ1n) is 7.73. The molecule has 0 spiro atoms. The average molecular weight is 349 g/mol. The van der Waals surface area contributed by atoms with Crippen molar-refractivity contribution in [3.8, 4) is 5.69 Å². The Kier molecular flexibility index (Phi) is 3.77. The maximum Gasteiger partial charge on any atom is 0.260 e. The molecule has 1 aromatic carbocycles. The van der Waals surface area contributed by atoms with Crippen molar-refractivity contribution in [3.63, 3.8) is 0 Å². The standard InChI is InChI=1S/C18H15N5OS/c1-11-7-13(3-5-14(11)23-10-19-9-20-23)4-6-15-21-17(24)16-12(2)8-25-18(16)22-15/h3-10H,1-2H3,(H,21,22,24)/b6-4+. The second kappa shape index (κ2) is 6.10. The van der Waals surface area contributed by atoms with Gasteiger partial charge in [-0.15, -0.1) is 11.3 Å². The number of rotatable bonds is 3. The fourth-order valence-electron chi connectivity index (χ4n) is 2.73. The Bertz CT molecular complexity index is 1140. The first-order valence-corrected chi connectivity index (χ1v) is 8.61. The van der Waals surface area contributed by atoms with Crippen LogP contribution in [0.1, 0.15) is 22.5 Å². The third-order valence-electron chi connectivity index (χ3n) is 3.97. The monoisotopic (exact) mass is 349 g/mol. The minimum absolute atomic E-state index is 0.0962. The number of benzene rings is 1. The molecule has 0 aliphatic heterocycles. The van der Waals surface area contributed by atoms with E-state index in [1.165, 1.54) is 17.7 Å². The van der Waals surface area contributed by atoms with Crippen molar-refractivity contribution in [2.75, 3.05) is 0 Å². The smallest absolute Gasteiger partial charge is 0.260 e. The van der Waals surface area contributed by atoms with Gasteiger partial charge in [-0.1, -0.05) is 12.1 Å². The maximum absolute atomic E-state index is 12.2. The summed E-state index contributed by atoms with van der Waals surface area (Å²) in [6.07, 6.45) is 6.94. The zero-order valence-corrected chi connectivity index (χ0v) is 14.5. The van der Waals surface area contributed by atoms with Crippen molar-refractivity contribution in [2.24, 2.45) is 0 Å². The van der Waals surface area contributed by atoms with Gasteiger partial charge in [-0.25, -0.2) is 14.6 Å². The molecule has 0 aliphatic rings. The molecule has 0 bridgehead atoms. The van der Waals surface area contributed by atoms with Crippen LogP contribution in [0.15, 0.2) is 41.0 Å². The zero-order chi connectivity index (χ0) is 17.4. The molecule has 4 aromatic rings. The Morgan fingerprint density at radius 2 is 2.08 bits per heavy atom. The first-order chi connectivity index (χ1) is 12.1. The molecule has 1 N–H and O–H groups in total. The lowest BCUT2D eigenvalue weighted by atomic mass is 10.1. The van der Waals surface area contributed by atoms with Crippen LogP contribution in [0.25, 0.3) is 28.1 Å². The van der Waals surface area contributed by atoms with Crippen LogP contribution in [0.5, 0.6) is 0 Å². The average Bonchev–Trinajstić information content (AvgIpc) is 3.23. The maximum atomic E-state index is 12.2. The van der Waals surface area contributed by atoms with E-state index in [0.717, 1.165) is 27.2 Å². The topological polar surface area (TPSA) is 76.5 Å². The van der Waals surface area contributed by atoms with Gasteiger partial charge in [0.2, 0.25) is 0 Å². The van der Waals surface area contributed by atoms with Crippen molar-refractivity contribution in [2.45, 2.75) is 13.8 Å². The van der Waals surface area contributed by atoms with Crippen LogP contribution in [0.3, 0.4) is 0 Å². The van der Waals surface area contributed by atoms with Gasteiger partial charge < -0.3 is 4.98 Å². The van der Waals surface area contributed by atoms with Crippen LogP contribution in [0, 0.1) is 13.8 Å². The van der Waals surface area contributed by atoms with Crippen LogP contribution < -0.4 is 5.56 Å². The lowest BCUT2D eigenvalue weighted by molar-refractivity contribution is 0.871. The van der Waals surface area contributed by atoms with E-state index < -0.39 is 0 Å². The molecule has 6 nitrogen and oxygen atoms in total. The second-order valence-corrected chi connectivity index (χ2v) is 6.63. The normalized spacial score (nSPS) is 11.6. The van der Waals surface area contributed by atoms with Gasteiger partial charge in [0.05, 0.1) is 11.1 Å². The SMILES string of the molecule is Cc1cc(/C=C/c2nc3scc(C)c3c(=O)[nH]2)ccc1-n1cncn1. The number of nitrogens with zero attached hydrogens (tertiary/aromatic N) is 4. The van der Waals surface area contributed by atoms with Crippen molar-refractivity contribution in [1.29, 1.82) is 0 Å². The molecule has 3 heterocycles. The lowest BCUT2D eigenvalue weighted by Crippen LogP contribution is -2.09. The molecule has 0 unspecified atom stereocenters. The Labute approximate surface area is 147 Å². The van der Waals surface area contributed by atoms with Crippen molar-refractivity contribution < 1.29 is 0 Å². The minimum Gasteiger partial charge on any atom is -0.306 e. The van der Waals surface area contributed by atoms with Crippen LogP contribution >= 0.6 is 11.3 Å². The molecule has 3 aromatic heterocycles. The lowest BCUT2D eigenvalue weighted by Gasteiger charge is -2.06. The summed E-state index contributed by atoms with van der Waals surface area (Å²) >= 11 is 1.49. The highest BCUT2D eigenvalue weighted by Crippen LogP contribution is 2.20. The van der Waals surface area contributed by atoms with Crippen molar-refractivity contribution in [3.05, 3.63) is 69.1 Å². The van der Waals surface area contributed by atoms with Crippen LogP contribution in [-0.2, 0) is 0 Å². The molecule has 25 heavy (non-hydrogen) atoms. The van der Waals surface area contributed by atoms with Crippen molar-refractivity contribution in [1.82, 2.24) is 24.7 Å². The summed E-state index contributed by atoms with van der Waals surface area (Å²) in [5.74, 6) is 0.553. The third-order valence-corrected chi connectivity index (χ3v) is 4.96. The van der Waals surface area contributed by atoms with Gasteiger partial charge in [-0.2, -0.15) is 5.10 Å². The predicted molar refractivity (Wildman–Crippen MR) is 100 cm³/mol. The molecule has 4 rings (SSSR count). The molecule has 0 aliphatic carbocycles. The minimum atomic E-state index is -0.0962. The van der Waals surface area contributed by atoms with Gasteiger partial charge >= 0.3 is 0 Å². The van der Waals surface area contributed by atoms with Crippen LogP contribution in [-0.4, -0.2) is 24.7 Å². The van der Waals surface area contributed by atoms with Crippen molar-refractivity contribution >= 4 is 33.7 Å². The number of fused-ring (bicyclic) bond motifs is 1. The Morgan fingerprint density at radius 3 is 2.84 bits per heavy atom. The molecule has 0 amide bonds. The molecule has 0 radical (unpaired) electrons. The number of aromatic amines is 1. The highest BCUT2D eigenvalue weighted by atomic mass is 32.1. The number of H-pyrrole nitrogens is 1. The van der Waals surface area contributed by atoms with Gasteiger partial charge in [0.15, 0.2) is 0 Å². The van der Waals surface area contributed by atoms with Gasteiger partial charge in [-0.05, 0) is 54.1 Å². The van der Waals surface area contributed by atoms with Crippen LogP contribution in [0.4, 0.5) is 0 Å². The molecule has 0 atom stereocenters. The van der Waals surface area contributed by atoms with E-state index in [1.807, 2.05) is 43.5 Å². The summed E-state index contributed by atoms with van der Waals surface area (Å²) in [7, 11) is 0. The summed E-state index contributed by atoms with van der Waals surface area (Å²) in [6.45, 7) is 3.94. The summed E-state index contributed by atoms with van der Waals surface area (Å²) in [5, 5.41) is 6.78. The molecular weight excluding hydrogens is 334 g/mol. The highest BCUT2D eigenvalue weighted by molar-refractivity contribution is 7.16. The Morgan fingerprint density at radius 1 is 1.20 bits per heavy atom. The van der Waals surface area contributed by atoms with Gasteiger partial charge in [0.25, 0.3) is 5.56 Å². The number of hydrogen-bond acceptors (Lipinski definition) is 5. The highest BCUT2D eigenvalue weighted by Gasteiger charge is 2.07. The summed E-state index contributed by atoms with van der Waals surface area (Å²) < 4.78 is 1.73. The number of hydrogen-bond donors (Lipinski definition) is 1. The number of aryl methyl sites for hydroxylation is 2. The predicted octanol–water partition coefficient (Wildman–Crippen LogP) is 3.35. The number of nitrogens with one attached hydrogen (secondary N) is 1. The molecule has 0 fully saturated rings. The van der Waals surface area contributed by atoms with E-state index >= 15 is 0 Å².